The van der Waals surface area contributed by atoms with Gasteiger partial charge >= 0.3 is 0 Å². The average Bonchev–Trinajstić information content (AvgIpc) is 2.39. The van der Waals surface area contributed by atoms with E-state index in [0.29, 0.717) is 26.1 Å². The summed E-state index contributed by atoms with van der Waals surface area (Å²) in [6.45, 7) is 6.64. The minimum Gasteiger partial charge on any atom is -0.490 e. The van der Waals surface area contributed by atoms with Crippen LogP contribution in [0.2, 0.25) is 0 Å². The second-order valence-corrected chi connectivity index (χ2v) is 4.49. The Labute approximate surface area is 115 Å². The number of aliphatic hydroxyl groups excluding tert-OH is 2. The summed E-state index contributed by atoms with van der Waals surface area (Å²) in [5, 5.41) is 18.9. The molecule has 108 valence electrons. The fourth-order valence-electron chi connectivity index (χ4n) is 1.81. The van der Waals surface area contributed by atoms with E-state index in [2.05, 4.69) is 0 Å². The van der Waals surface area contributed by atoms with Gasteiger partial charge in [0.15, 0.2) is 11.5 Å². The number of aryl methyl sites for hydroxylation is 1. The summed E-state index contributed by atoms with van der Waals surface area (Å²) >= 11 is 0. The Morgan fingerprint density at radius 2 is 1.68 bits per heavy atom. The van der Waals surface area contributed by atoms with E-state index in [9.17, 15) is 10.2 Å². The molecule has 0 bridgehead atoms. The lowest BCUT2D eigenvalue weighted by Crippen LogP contribution is -2.22. The van der Waals surface area contributed by atoms with Gasteiger partial charge in [0, 0.05) is 0 Å². The molecule has 4 heteroatoms. The predicted octanol–water partition coefficient (Wildman–Crippen LogP) is 2.16. The van der Waals surface area contributed by atoms with Crippen LogP contribution in [0, 0.1) is 0 Å². The fraction of sp³-hybridized carbons (Fsp3) is 0.600. The Bertz CT molecular complexity index is 376. The molecule has 0 heterocycles. The van der Waals surface area contributed by atoms with Gasteiger partial charge in [0.1, 0.15) is 0 Å². The van der Waals surface area contributed by atoms with Crippen molar-refractivity contribution in [3.63, 3.8) is 0 Å². The third-order valence-corrected chi connectivity index (χ3v) is 2.89. The van der Waals surface area contributed by atoms with Crippen LogP contribution in [0.15, 0.2) is 18.2 Å². The molecule has 0 saturated carbocycles. The summed E-state index contributed by atoms with van der Waals surface area (Å²) in [5.41, 5.74) is 1.06. The van der Waals surface area contributed by atoms with E-state index in [4.69, 9.17) is 9.47 Å². The molecule has 0 aliphatic heterocycles. The largest absolute Gasteiger partial charge is 0.490 e. The first kappa shape index (κ1) is 15.8. The van der Waals surface area contributed by atoms with Crippen molar-refractivity contribution in [2.45, 2.75) is 45.8 Å². The Hall–Kier alpha value is -1.26. The van der Waals surface area contributed by atoms with E-state index in [1.807, 2.05) is 32.0 Å². The van der Waals surface area contributed by atoms with Crippen molar-refractivity contribution in [1.82, 2.24) is 0 Å². The Balaban J connectivity index is 2.71. The fourth-order valence-corrected chi connectivity index (χ4v) is 1.81. The van der Waals surface area contributed by atoms with Crippen molar-refractivity contribution >= 4 is 0 Å². The maximum Gasteiger partial charge on any atom is 0.161 e. The van der Waals surface area contributed by atoms with Crippen LogP contribution >= 0.6 is 0 Å². The van der Waals surface area contributed by atoms with Crippen molar-refractivity contribution < 1.29 is 19.7 Å². The minimum atomic E-state index is -0.700. The zero-order chi connectivity index (χ0) is 14.3. The number of hydrogen-bond donors (Lipinski definition) is 2. The van der Waals surface area contributed by atoms with Crippen LogP contribution in [0.4, 0.5) is 0 Å². The van der Waals surface area contributed by atoms with Gasteiger partial charge in [-0.25, -0.2) is 0 Å². The molecule has 0 aliphatic rings. The van der Waals surface area contributed by atoms with Gasteiger partial charge < -0.3 is 19.7 Å². The van der Waals surface area contributed by atoms with Crippen LogP contribution in [-0.4, -0.2) is 35.6 Å². The second-order valence-electron chi connectivity index (χ2n) is 4.49. The number of aliphatic hydroxyl groups is 2. The molecule has 2 N–H and O–H groups in total. The third-order valence-electron chi connectivity index (χ3n) is 2.89. The first-order valence-electron chi connectivity index (χ1n) is 6.83. The Morgan fingerprint density at radius 1 is 1.05 bits per heavy atom. The standard InChI is InChI=1S/C15H24O4/c1-4-18-14-9-7-12(10-15(14)19-5-2)6-8-13(17)11(3)16/h7,9-11,13,16-17H,4-6,8H2,1-3H3. The SMILES string of the molecule is CCOc1ccc(CCC(O)C(C)O)cc1OCC. The second kappa shape index (κ2) is 8.02. The predicted molar refractivity (Wildman–Crippen MR) is 74.8 cm³/mol. The highest BCUT2D eigenvalue weighted by atomic mass is 16.5. The van der Waals surface area contributed by atoms with Gasteiger partial charge in [-0.15, -0.1) is 0 Å². The summed E-state index contributed by atoms with van der Waals surface area (Å²) < 4.78 is 11.0. The number of benzene rings is 1. The third kappa shape index (κ3) is 5.09. The molecule has 1 aromatic carbocycles. The molecule has 0 saturated heterocycles. The molecule has 0 aromatic heterocycles. The normalized spacial score (nSPS) is 13.9. The minimum absolute atomic E-state index is 0.525. The molecule has 0 radical (unpaired) electrons. The number of ether oxygens (including phenoxy) is 2. The van der Waals surface area contributed by atoms with Gasteiger partial charge in [-0.2, -0.15) is 0 Å². The molecule has 0 fully saturated rings. The average molecular weight is 268 g/mol. The molecule has 2 atom stereocenters. The molecule has 0 spiro atoms. The maximum atomic E-state index is 9.59. The van der Waals surface area contributed by atoms with Gasteiger partial charge in [0.25, 0.3) is 0 Å². The lowest BCUT2D eigenvalue weighted by molar-refractivity contribution is 0.0265. The van der Waals surface area contributed by atoms with Crippen LogP contribution in [0.3, 0.4) is 0 Å². The monoisotopic (exact) mass is 268 g/mol. The van der Waals surface area contributed by atoms with Crippen molar-refractivity contribution in [1.29, 1.82) is 0 Å². The Kier molecular flexibility index (Phi) is 6.67. The van der Waals surface area contributed by atoms with E-state index in [0.717, 1.165) is 17.1 Å². The van der Waals surface area contributed by atoms with E-state index < -0.39 is 12.2 Å². The van der Waals surface area contributed by atoms with Gasteiger partial charge in [0.05, 0.1) is 25.4 Å². The molecular weight excluding hydrogens is 244 g/mol. The van der Waals surface area contributed by atoms with Crippen LogP contribution in [0.1, 0.15) is 32.8 Å². The molecule has 1 rings (SSSR count). The van der Waals surface area contributed by atoms with Gasteiger partial charge in [-0.1, -0.05) is 6.07 Å². The molecule has 2 unspecified atom stereocenters. The van der Waals surface area contributed by atoms with Gasteiger partial charge in [0.2, 0.25) is 0 Å². The van der Waals surface area contributed by atoms with E-state index in [1.54, 1.807) is 6.92 Å². The molecule has 0 aliphatic carbocycles. The van der Waals surface area contributed by atoms with E-state index in [1.165, 1.54) is 0 Å². The summed E-state index contributed by atoms with van der Waals surface area (Å²) in [5.74, 6) is 1.47. The molecule has 0 amide bonds. The summed E-state index contributed by atoms with van der Waals surface area (Å²) in [6, 6.07) is 5.78. The zero-order valence-electron chi connectivity index (χ0n) is 11.9. The Morgan fingerprint density at radius 3 is 2.26 bits per heavy atom. The van der Waals surface area contributed by atoms with E-state index >= 15 is 0 Å². The molecule has 4 nitrogen and oxygen atoms in total. The van der Waals surface area contributed by atoms with Crippen molar-refractivity contribution in [2.75, 3.05) is 13.2 Å². The van der Waals surface area contributed by atoms with Crippen LogP contribution < -0.4 is 9.47 Å². The van der Waals surface area contributed by atoms with Crippen molar-refractivity contribution in [3.8, 4) is 11.5 Å². The summed E-state index contributed by atoms with van der Waals surface area (Å²) in [7, 11) is 0. The zero-order valence-corrected chi connectivity index (χ0v) is 11.9. The maximum absolute atomic E-state index is 9.59. The highest BCUT2D eigenvalue weighted by Gasteiger charge is 2.12. The molecule has 1 aromatic rings. The van der Waals surface area contributed by atoms with Crippen molar-refractivity contribution in [2.24, 2.45) is 0 Å². The van der Waals surface area contributed by atoms with Crippen molar-refractivity contribution in [3.05, 3.63) is 23.8 Å². The first-order chi connectivity index (χ1) is 9.08. The first-order valence-corrected chi connectivity index (χ1v) is 6.83. The summed E-state index contributed by atoms with van der Waals surface area (Å²) in [4.78, 5) is 0. The number of rotatable bonds is 8. The quantitative estimate of drug-likeness (QED) is 0.758. The lowest BCUT2D eigenvalue weighted by atomic mass is 10.0. The van der Waals surface area contributed by atoms with Crippen LogP contribution in [0.5, 0.6) is 11.5 Å². The lowest BCUT2D eigenvalue weighted by Gasteiger charge is -2.15. The van der Waals surface area contributed by atoms with Gasteiger partial charge in [-0.3, -0.25) is 0 Å². The molecular formula is C15H24O4. The number of hydrogen-bond acceptors (Lipinski definition) is 4. The smallest absolute Gasteiger partial charge is 0.161 e. The summed E-state index contributed by atoms with van der Waals surface area (Å²) in [6.07, 6.45) is -0.174. The van der Waals surface area contributed by atoms with Crippen LogP contribution in [-0.2, 0) is 6.42 Å². The van der Waals surface area contributed by atoms with E-state index in [-0.39, 0.29) is 0 Å². The highest BCUT2D eigenvalue weighted by molar-refractivity contribution is 5.43. The van der Waals surface area contributed by atoms with Crippen LogP contribution in [0.25, 0.3) is 0 Å². The highest BCUT2D eigenvalue weighted by Crippen LogP contribution is 2.29. The topological polar surface area (TPSA) is 58.9 Å². The molecule has 19 heavy (non-hydrogen) atoms. The van der Waals surface area contributed by atoms with Gasteiger partial charge in [-0.05, 0) is 51.3 Å².